The molecule has 0 radical (unpaired) electrons. The number of rotatable bonds is 4. The number of anilines is 1. The molecular formula is C21H22N4O3. The summed E-state index contributed by atoms with van der Waals surface area (Å²) in [6.45, 7) is 5.57. The minimum Gasteiger partial charge on any atom is -0.347 e. The van der Waals surface area contributed by atoms with Gasteiger partial charge in [0.25, 0.3) is 11.5 Å². The molecule has 0 saturated heterocycles. The van der Waals surface area contributed by atoms with E-state index in [0.717, 1.165) is 0 Å². The van der Waals surface area contributed by atoms with Gasteiger partial charge in [-0.3, -0.25) is 19.0 Å². The minimum absolute atomic E-state index is 0.150. The Balaban J connectivity index is 1.68. The molecule has 0 spiro atoms. The highest BCUT2D eigenvalue weighted by molar-refractivity contribution is 5.96. The van der Waals surface area contributed by atoms with Crippen LogP contribution in [0.2, 0.25) is 0 Å². The lowest BCUT2D eigenvalue weighted by molar-refractivity contribution is -0.116. The van der Waals surface area contributed by atoms with Gasteiger partial charge in [0.15, 0.2) is 0 Å². The van der Waals surface area contributed by atoms with E-state index in [1.54, 1.807) is 48.5 Å². The normalized spacial score (nSPS) is 11.2. The predicted molar refractivity (Wildman–Crippen MR) is 108 cm³/mol. The minimum atomic E-state index is -0.355. The number of carbonyl (C=O) groups is 2. The molecule has 28 heavy (non-hydrogen) atoms. The van der Waals surface area contributed by atoms with E-state index in [-0.39, 0.29) is 29.5 Å². The van der Waals surface area contributed by atoms with Crippen LogP contribution >= 0.6 is 0 Å². The molecule has 2 amide bonds. The summed E-state index contributed by atoms with van der Waals surface area (Å²) in [5.74, 6) is -0.537. The summed E-state index contributed by atoms with van der Waals surface area (Å²) in [4.78, 5) is 41.1. The van der Waals surface area contributed by atoms with E-state index >= 15 is 0 Å². The standard InChI is InChI=1S/C21H22N4O3/c1-21(2,3)24-19(27)14-8-10-15(11-9-14)23-18(26)12-25-13-22-17-7-5-4-6-16(17)20(25)28/h4-11,13H,12H2,1-3H3,(H,23,26)(H,24,27). The van der Waals surface area contributed by atoms with E-state index in [9.17, 15) is 14.4 Å². The van der Waals surface area contributed by atoms with Crippen LogP contribution in [0.15, 0.2) is 59.7 Å². The predicted octanol–water partition coefficient (Wildman–Crippen LogP) is 2.56. The molecule has 0 fully saturated rings. The number of aromatic nitrogens is 2. The van der Waals surface area contributed by atoms with Gasteiger partial charge in [-0.25, -0.2) is 4.98 Å². The molecule has 2 aromatic carbocycles. The Morgan fingerprint density at radius 1 is 1.04 bits per heavy atom. The van der Waals surface area contributed by atoms with Gasteiger partial charge in [-0.05, 0) is 57.2 Å². The van der Waals surface area contributed by atoms with Gasteiger partial charge in [0.1, 0.15) is 6.54 Å². The molecule has 0 aliphatic heterocycles. The van der Waals surface area contributed by atoms with E-state index in [2.05, 4.69) is 15.6 Å². The van der Waals surface area contributed by atoms with Crippen molar-refractivity contribution in [2.24, 2.45) is 0 Å². The fourth-order valence-corrected chi connectivity index (χ4v) is 2.69. The van der Waals surface area contributed by atoms with Crippen LogP contribution in [0.25, 0.3) is 10.9 Å². The van der Waals surface area contributed by atoms with Crippen LogP contribution in [0.4, 0.5) is 5.69 Å². The number of hydrogen-bond acceptors (Lipinski definition) is 4. The number of nitrogens with zero attached hydrogens (tertiary/aromatic N) is 2. The fraction of sp³-hybridized carbons (Fsp3) is 0.238. The first-order valence-electron chi connectivity index (χ1n) is 8.89. The second-order valence-electron chi connectivity index (χ2n) is 7.52. The molecule has 7 nitrogen and oxygen atoms in total. The summed E-state index contributed by atoms with van der Waals surface area (Å²) < 4.78 is 1.27. The number of amides is 2. The molecule has 1 aromatic heterocycles. The van der Waals surface area contributed by atoms with Gasteiger partial charge >= 0.3 is 0 Å². The van der Waals surface area contributed by atoms with Crippen LogP contribution in [0.3, 0.4) is 0 Å². The maximum Gasteiger partial charge on any atom is 0.261 e. The lowest BCUT2D eigenvalue weighted by atomic mass is 10.1. The van der Waals surface area contributed by atoms with Crippen LogP contribution in [0.1, 0.15) is 31.1 Å². The summed E-state index contributed by atoms with van der Waals surface area (Å²) in [6.07, 6.45) is 1.37. The van der Waals surface area contributed by atoms with Gasteiger partial charge in [0, 0.05) is 16.8 Å². The zero-order valence-electron chi connectivity index (χ0n) is 16.0. The molecule has 0 unspecified atom stereocenters. The SMILES string of the molecule is CC(C)(C)NC(=O)c1ccc(NC(=O)Cn2cnc3ccccc3c2=O)cc1. The summed E-state index contributed by atoms with van der Waals surface area (Å²) in [7, 11) is 0. The molecule has 0 aliphatic rings. The number of carbonyl (C=O) groups excluding carboxylic acids is 2. The number of hydrogen-bond donors (Lipinski definition) is 2. The van der Waals surface area contributed by atoms with Crippen LogP contribution in [0, 0.1) is 0 Å². The summed E-state index contributed by atoms with van der Waals surface area (Å²) >= 11 is 0. The van der Waals surface area contributed by atoms with Crippen molar-refractivity contribution >= 4 is 28.4 Å². The average molecular weight is 378 g/mol. The van der Waals surface area contributed by atoms with Crippen molar-refractivity contribution < 1.29 is 9.59 Å². The van der Waals surface area contributed by atoms with Gasteiger partial charge < -0.3 is 10.6 Å². The maximum atomic E-state index is 12.4. The molecule has 144 valence electrons. The van der Waals surface area contributed by atoms with Crippen LogP contribution in [-0.4, -0.2) is 26.9 Å². The third kappa shape index (κ3) is 4.62. The molecule has 7 heteroatoms. The van der Waals surface area contributed by atoms with Crippen molar-refractivity contribution in [2.45, 2.75) is 32.9 Å². The third-order valence-corrected chi connectivity index (χ3v) is 3.96. The van der Waals surface area contributed by atoms with Crippen LogP contribution in [0.5, 0.6) is 0 Å². The largest absolute Gasteiger partial charge is 0.347 e. The average Bonchev–Trinajstić information content (AvgIpc) is 2.63. The molecule has 2 N–H and O–H groups in total. The van der Waals surface area contributed by atoms with Crippen molar-refractivity contribution in [2.75, 3.05) is 5.32 Å². The van der Waals surface area contributed by atoms with Crippen molar-refractivity contribution in [3.05, 3.63) is 70.8 Å². The van der Waals surface area contributed by atoms with Crippen LogP contribution in [-0.2, 0) is 11.3 Å². The number of fused-ring (bicyclic) bond motifs is 1. The highest BCUT2D eigenvalue weighted by Crippen LogP contribution is 2.11. The Kier molecular flexibility index (Phi) is 5.26. The van der Waals surface area contributed by atoms with Crippen LogP contribution < -0.4 is 16.2 Å². The first-order valence-corrected chi connectivity index (χ1v) is 8.89. The monoisotopic (exact) mass is 378 g/mol. The summed E-state index contributed by atoms with van der Waals surface area (Å²) in [6, 6.07) is 13.6. The second kappa shape index (κ2) is 7.64. The molecule has 1 heterocycles. The summed E-state index contributed by atoms with van der Waals surface area (Å²) in [5, 5.41) is 6.06. The number of benzene rings is 2. The highest BCUT2D eigenvalue weighted by Gasteiger charge is 2.15. The molecule has 0 bridgehead atoms. The van der Waals surface area contributed by atoms with Crippen molar-refractivity contribution in [1.29, 1.82) is 0 Å². The van der Waals surface area contributed by atoms with Gasteiger partial charge in [0.2, 0.25) is 5.91 Å². The zero-order chi connectivity index (χ0) is 20.3. The van der Waals surface area contributed by atoms with Gasteiger partial charge in [-0.15, -0.1) is 0 Å². The number of nitrogens with one attached hydrogen (secondary N) is 2. The Labute approximate surface area is 162 Å². The Morgan fingerprint density at radius 3 is 2.39 bits per heavy atom. The molecule has 3 rings (SSSR count). The first-order chi connectivity index (χ1) is 13.2. The quantitative estimate of drug-likeness (QED) is 0.730. The van der Waals surface area contributed by atoms with Gasteiger partial charge in [0.05, 0.1) is 17.2 Å². The molecule has 0 aliphatic carbocycles. The number of para-hydroxylation sites is 1. The Bertz CT molecular complexity index is 1080. The maximum absolute atomic E-state index is 12.4. The topological polar surface area (TPSA) is 93.1 Å². The van der Waals surface area contributed by atoms with Crippen molar-refractivity contribution in [1.82, 2.24) is 14.9 Å². The van der Waals surface area contributed by atoms with Crippen molar-refractivity contribution in [3.63, 3.8) is 0 Å². The fourth-order valence-electron chi connectivity index (χ4n) is 2.69. The van der Waals surface area contributed by atoms with E-state index in [4.69, 9.17) is 0 Å². The van der Waals surface area contributed by atoms with E-state index in [1.165, 1.54) is 10.9 Å². The molecular weight excluding hydrogens is 356 g/mol. The first kappa shape index (κ1) is 19.3. The lowest BCUT2D eigenvalue weighted by Gasteiger charge is -2.20. The molecule has 0 saturated carbocycles. The van der Waals surface area contributed by atoms with Gasteiger partial charge in [-0.2, -0.15) is 0 Å². The Morgan fingerprint density at radius 2 is 1.71 bits per heavy atom. The van der Waals surface area contributed by atoms with E-state index in [0.29, 0.717) is 22.2 Å². The highest BCUT2D eigenvalue weighted by atomic mass is 16.2. The van der Waals surface area contributed by atoms with E-state index in [1.807, 2.05) is 20.8 Å². The second-order valence-corrected chi connectivity index (χ2v) is 7.52. The van der Waals surface area contributed by atoms with Crippen molar-refractivity contribution in [3.8, 4) is 0 Å². The van der Waals surface area contributed by atoms with E-state index < -0.39 is 0 Å². The molecule has 0 atom stereocenters. The third-order valence-electron chi connectivity index (χ3n) is 3.96. The smallest absolute Gasteiger partial charge is 0.261 e. The molecule has 3 aromatic rings. The van der Waals surface area contributed by atoms with Gasteiger partial charge in [-0.1, -0.05) is 12.1 Å². The zero-order valence-corrected chi connectivity index (χ0v) is 16.0. The Hall–Kier alpha value is -3.48. The summed E-state index contributed by atoms with van der Waals surface area (Å²) in [5.41, 5.74) is 1.04. The lowest BCUT2D eigenvalue weighted by Crippen LogP contribution is -2.40.